The number of carbonyl (C=O) groups excluding carboxylic acids is 2. The molecule has 0 aromatic rings. The Bertz CT molecular complexity index is 593. The Kier molecular flexibility index (Phi) is 6.49. The van der Waals surface area contributed by atoms with E-state index in [0.29, 0.717) is 5.92 Å². The zero-order valence-corrected chi connectivity index (χ0v) is 16.7. The molecule has 0 amide bonds. The fraction of sp³-hybridized carbons (Fsp3) is 0.727. The van der Waals surface area contributed by atoms with Crippen molar-refractivity contribution in [2.24, 2.45) is 22.7 Å². The number of esters is 1. The van der Waals surface area contributed by atoms with Gasteiger partial charge in [0.2, 0.25) is 0 Å². The van der Waals surface area contributed by atoms with Crippen LogP contribution in [0.25, 0.3) is 0 Å². The van der Waals surface area contributed by atoms with Crippen LogP contribution in [0.15, 0.2) is 23.8 Å². The molecule has 146 valence electrons. The Labute approximate surface area is 157 Å². The second-order valence-corrected chi connectivity index (χ2v) is 8.70. The Morgan fingerprint density at radius 3 is 2.62 bits per heavy atom. The maximum absolute atomic E-state index is 12.2. The SMILES string of the molecule is C=C1CC[C@H]2[C@@](C)(C=O)[C@@H](OC(C)=O)CC[C@]2(C)[C@H]1CC/C(C)=C/CO. The summed E-state index contributed by atoms with van der Waals surface area (Å²) in [4.78, 5) is 23.7. The van der Waals surface area contributed by atoms with Gasteiger partial charge in [-0.2, -0.15) is 0 Å². The molecule has 1 N–H and O–H groups in total. The average Bonchev–Trinajstić information content (AvgIpc) is 2.57. The molecule has 0 aromatic heterocycles. The molecule has 0 radical (unpaired) electrons. The van der Waals surface area contributed by atoms with Crippen LogP contribution in [-0.2, 0) is 14.3 Å². The van der Waals surface area contributed by atoms with E-state index in [2.05, 4.69) is 20.4 Å². The average molecular weight is 363 g/mol. The lowest BCUT2D eigenvalue weighted by Crippen LogP contribution is -2.57. The number of aliphatic hydroxyl groups excluding tert-OH is 1. The van der Waals surface area contributed by atoms with Crippen LogP contribution in [-0.4, -0.2) is 30.1 Å². The van der Waals surface area contributed by atoms with E-state index in [4.69, 9.17) is 9.84 Å². The van der Waals surface area contributed by atoms with E-state index in [1.54, 1.807) is 0 Å². The summed E-state index contributed by atoms with van der Waals surface area (Å²) < 4.78 is 5.55. The molecule has 0 aromatic carbocycles. The quantitative estimate of drug-likeness (QED) is 0.436. The molecule has 0 spiro atoms. The van der Waals surface area contributed by atoms with E-state index >= 15 is 0 Å². The van der Waals surface area contributed by atoms with Crippen LogP contribution in [0.1, 0.15) is 66.2 Å². The van der Waals surface area contributed by atoms with E-state index in [1.807, 2.05) is 13.0 Å². The maximum atomic E-state index is 12.2. The number of fused-ring (bicyclic) bond motifs is 1. The lowest BCUT2D eigenvalue weighted by atomic mass is 9.46. The highest BCUT2D eigenvalue weighted by molar-refractivity contribution is 5.68. The molecule has 4 heteroatoms. The second-order valence-electron chi connectivity index (χ2n) is 8.70. The van der Waals surface area contributed by atoms with Gasteiger partial charge in [0.15, 0.2) is 0 Å². The number of aldehydes is 1. The Balaban J connectivity index is 2.29. The molecule has 0 saturated heterocycles. The number of hydrogen-bond donors (Lipinski definition) is 1. The van der Waals surface area contributed by atoms with Crippen molar-refractivity contribution in [3.05, 3.63) is 23.8 Å². The van der Waals surface area contributed by atoms with Gasteiger partial charge in [0.1, 0.15) is 12.4 Å². The molecule has 26 heavy (non-hydrogen) atoms. The third kappa shape index (κ3) is 3.80. The first-order valence-corrected chi connectivity index (χ1v) is 9.76. The molecule has 4 nitrogen and oxygen atoms in total. The highest BCUT2D eigenvalue weighted by Crippen LogP contribution is 2.61. The van der Waals surface area contributed by atoms with Gasteiger partial charge in [-0.15, -0.1) is 0 Å². The first-order valence-electron chi connectivity index (χ1n) is 9.76. The normalized spacial score (nSPS) is 37.8. The van der Waals surface area contributed by atoms with Crippen LogP contribution in [0.4, 0.5) is 0 Å². The smallest absolute Gasteiger partial charge is 0.302 e. The van der Waals surface area contributed by atoms with Crippen LogP contribution < -0.4 is 0 Å². The van der Waals surface area contributed by atoms with Crippen molar-refractivity contribution in [1.82, 2.24) is 0 Å². The van der Waals surface area contributed by atoms with Crippen molar-refractivity contribution >= 4 is 12.3 Å². The molecule has 0 heterocycles. The summed E-state index contributed by atoms with van der Waals surface area (Å²) in [7, 11) is 0. The number of aliphatic hydroxyl groups is 1. The van der Waals surface area contributed by atoms with Crippen molar-refractivity contribution in [1.29, 1.82) is 0 Å². The van der Waals surface area contributed by atoms with Crippen molar-refractivity contribution < 1.29 is 19.4 Å². The van der Waals surface area contributed by atoms with Gasteiger partial charge in [0, 0.05) is 6.92 Å². The highest BCUT2D eigenvalue weighted by Gasteiger charge is 2.59. The predicted octanol–water partition coefficient (Wildman–Crippen LogP) is 4.22. The van der Waals surface area contributed by atoms with Gasteiger partial charge in [-0.25, -0.2) is 0 Å². The third-order valence-electron chi connectivity index (χ3n) is 7.06. The number of hydrogen-bond acceptors (Lipinski definition) is 4. The Morgan fingerprint density at radius 1 is 1.35 bits per heavy atom. The molecular weight excluding hydrogens is 328 g/mol. The van der Waals surface area contributed by atoms with E-state index in [1.165, 1.54) is 18.1 Å². The molecule has 2 rings (SSSR count). The topological polar surface area (TPSA) is 63.6 Å². The van der Waals surface area contributed by atoms with Gasteiger partial charge >= 0.3 is 5.97 Å². The van der Waals surface area contributed by atoms with Crippen LogP contribution in [0.5, 0.6) is 0 Å². The van der Waals surface area contributed by atoms with Gasteiger partial charge in [0.25, 0.3) is 0 Å². The van der Waals surface area contributed by atoms with Crippen LogP contribution in [0.2, 0.25) is 0 Å². The van der Waals surface area contributed by atoms with Gasteiger partial charge in [0.05, 0.1) is 12.0 Å². The first-order chi connectivity index (χ1) is 12.2. The minimum atomic E-state index is -0.645. The van der Waals surface area contributed by atoms with Crippen molar-refractivity contribution in [2.45, 2.75) is 72.3 Å². The van der Waals surface area contributed by atoms with Crippen molar-refractivity contribution in [2.75, 3.05) is 6.61 Å². The number of carbonyl (C=O) groups is 2. The summed E-state index contributed by atoms with van der Waals surface area (Å²) in [5.41, 5.74) is 1.81. The standard InChI is InChI=1S/C22H34O4/c1-15(11-13-23)6-8-18-16(2)7-9-19-21(18,4)12-10-20(26-17(3)25)22(19,5)14-24/h11,14,18-20,23H,2,6-10,12-13H2,1,3-5H3/b15-11+/t18-,19+,20-,21+,22+/m0/s1. The third-order valence-corrected chi connectivity index (χ3v) is 7.06. The molecule has 0 unspecified atom stereocenters. The van der Waals surface area contributed by atoms with Crippen molar-refractivity contribution in [3.63, 3.8) is 0 Å². The first kappa shape index (κ1) is 20.9. The number of rotatable bonds is 6. The van der Waals surface area contributed by atoms with Gasteiger partial charge in [-0.1, -0.05) is 30.7 Å². The van der Waals surface area contributed by atoms with E-state index in [0.717, 1.165) is 44.8 Å². The fourth-order valence-corrected chi connectivity index (χ4v) is 5.60. The summed E-state index contributed by atoms with van der Waals surface area (Å²) in [6, 6.07) is 0. The number of ether oxygens (including phenoxy) is 1. The van der Waals surface area contributed by atoms with Gasteiger partial charge < -0.3 is 14.6 Å². The molecular formula is C22H34O4. The predicted molar refractivity (Wildman–Crippen MR) is 102 cm³/mol. The Hall–Kier alpha value is -1.42. The largest absolute Gasteiger partial charge is 0.462 e. The minimum absolute atomic E-state index is 0.0128. The minimum Gasteiger partial charge on any atom is -0.462 e. The van der Waals surface area contributed by atoms with Crippen LogP contribution >= 0.6 is 0 Å². The zero-order valence-electron chi connectivity index (χ0n) is 16.7. The lowest BCUT2D eigenvalue weighted by molar-refractivity contribution is -0.177. The zero-order chi connectivity index (χ0) is 19.5. The summed E-state index contributed by atoms with van der Waals surface area (Å²) in [6.45, 7) is 12.2. The molecule has 2 aliphatic carbocycles. The molecule has 2 saturated carbocycles. The summed E-state index contributed by atoms with van der Waals surface area (Å²) >= 11 is 0. The lowest BCUT2D eigenvalue weighted by Gasteiger charge is -2.59. The Morgan fingerprint density at radius 2 is 2.04 bits per heavy atom. The van der Waals surface area contributed by atoms with E-state index in [9.17, 15) is 9.59 Å². The molecule has 2 aliphatic rings. The van der Waals surface area contributed by atoms with Crippen LogP contribution in [0.3, 0.4) is 0 Å². The molecule has 0 aliphatic heterocycles. The van der Waals surface area contributed by atoms with Gasteiger partial charge in [-0.05, 0) is 69.6 Å². The monoisotopic (exact) mass is 362 g/mol. The summed E-state index contributed by atoms with van der Waals surface area (Å²) in [6.07, 6.45) is 7.97. The second kappa shape index (κ2) is 8.08. The summed E-state index contributed by atoms with van der Waals surface area (Å²) in [5, 5.41) is 9.09. The molecule has 5 atom stereocenters. The van der Waals surface area contributed by atoms with Crippen molar-refractivity contribution in [3.8, 4) is 0 Å². The molecule has 0 bridgehead atoms. The molecule has 2 fully saturated rings. The maximum Gasteiger partial charge on any atom is 0.302 e. The van der Waals surface area contributed by atoms with Crippen LogP contribution in [0, 0.1) is 22.7 Å². The van der Waals surface area contributed by atoms with Gasteiger partial charge in [-0.3, -0.25) is 4.79 Å². The number of allylic oxidation sites excluding steroid dienone is 2. The summed E-state index contributed by atoms with van der Waals surface area (Å²) in [5.74, 6) is 0.220. The van der Waals surface area contributed by atoms with E-state index < -0.39 is 5.41 Å². The van der Waals surface area contributed by atoms with E-state index in [-0.39, 0.29) is 30.0 Å². The fourth-order valence-electron chi connectivity index (χ4n) is 5.60. The highest BCUT2D eigenvalue weighted by atomic mass is 16.5.